The van der Waals surface area contributed by atoms with Crippen molar-refractivity contribution in [1.82, 2.24) is 5.32 Å². The van der Waals surface area contributed by atoms with Gasteiger partial charge in [0.2, 0.25) is 5.25 Å². The number of carbonyl (C=O) groups is 2. The third-order valence-corrected chi connectivity index (χ3v) is 4.30. The van der Waals surface area contributed by atoms with E-state index in [1.165, 1.54) is 24.3 Å². The SMILES string of the molecule is C[S+](C)C1C(=O)NC(=O)N(c2ccccc2F)C1[O-]. The van der Waals surface area contributed by atoms with Crippen LogP contribution in [0.15, 0.2) is 24.3 Å². The summed E-state index contributed by atoms with van der Waals surface area (Å²) in [4.78, 5) is 24.2. The number of anilines is 1. The lowest BCUT2D eigenvalue weighted by Crippen LogP contribution is -2.69. The first-order valence-electron chi connectivity index (χ1n) is 5.54. The van der Waals surface area contributed by atoms with Crippen molar-refractivity contribution in [3.05, 3.63) is 30.1 Å². The summed E-state index contributed by atoms with van der Waals surface area (Å²) in [6.07, 6.45) is 1.87. The van der Waals surface area contributed by atoms with E-state index < -0.39 is 40.1 Å². The molecule has 0 bridgehead atoms. The van der Waals surface area contributed by atoms with Gasteiger partial charge < -0.3 is 5.11 Å². The van der Waals surface area contributed by atoms with E-state index in [4.69, 9.17) is 0 Å². The van der Waals surface area contributed by atoms with Crippen LogP contribution in [0.25, 0.3) is 0 Å². The molecule has 1 aromatic carbocycles. The number of benzene rings is 1. The molecule has 19 heavy (non-hydrogen) atoms. The van der Waals surface area contributed by atoms with Crippen molar-refractivity contribution in [3.63, 3.8) is 0 Å². The molecule has 2 unspecified atom stereocenters. The Balaban J connectivity index is 2.42. The van der Waals surface area contributed by atoms with E-state index in [9.17, 15) is 19.1 Å². The Labute approximate surface area is 112 Å². The minimum absolute atomic E-state index is 0.108. The maximum absolute atomic E-state index is 13.7. The number of urea groups is 1. The predicted octanol–water partition coefficient (Wildman–Crippen LogP) is -0.185. The number of nitrogens with one attached hydrogen (secondary N) is 1. The molecule has 3 amide bonds. The van der Waals surface area contributed by atoms with E-state index in [0.717, 1.165) is 4.90 Å². The molecule has 5 nitrogen and oxygen atoms in total. The number of hydrogen-bond donors (Lipinski definition) is 1. The highest BCUT2D eigenvalue weighted by atomic mass is 32.2. The molecule has 0 spiro atoms. The van der Waals surface area contributed by atoms with Crippen LogP contribution in [-0.2, 0) is 15.7 Å². The fourth-order valence-electron chi connectivity index (χ4n) is 1.96. The van der Waals surface area contributed by atoms with Crippen molar-refractivity contribution < 1.29 is 19.1 Å². The van der Waals surface area contributed by atoms with Crippen molar-refractivity contribution in [2.24, 2.45) is 0 Å². The highest BCUT2D eigenvalue weighted by Gasteiger charge is 2.43. The van der Waals surface area contributed by atoms with Crippen LogP contribution in [0.5, 0.6) is 0 Å². The minimum Gasteiger partial charge on any atom is -0.832 e. The summed E-state index contributed by atoms with van der Waals surface area (Å²) in [5, 5.41) is 13.5. The van der Waals surface area contributed by atoms with E-state index in [1.54, 1.807) is 12.5 Å². The molecule has 0 saturated carbocycles. The van der Waals surface area contributed by atoms with E-state index in [2.05, 4.69) is 5.32 Å². The molecule has 1 N–H and O–H groups in total. The van der Waals surface area contributed by atoms with Crippen LogP contribution < -0.4 is 15.3 Å². The molecule has 7 heteroatoms. The average Bonchev–Trinajstić information content (AvgIpc) is 2.30. The number of carbonyl (C=O) groups excluding carboxylic acids is 2. The zero-order chi connectivity index (χ0) is 14.2. The summed E-state index contributed by atoms with van der Waals surface area (Å²) < 4.78 is 13.7. The largest absolute Gasteiger partial charge is 0.832 e. The summed E-state index contributed by atoms with van der Waals surface area (Å²) in [6, 6.07) is 4.63. The molecule has 102 valence electrons. The topological polar surface area (TPSA) is 72.5 Å². The van der Waals surface area contributed by atoms with Crippen molar-refractivity contribution in [2.75, 3.05) is 17.4 Å². The maximum atomic E-state index is 13.7. The lowest BCUT2D eigenvalue weighted by atomic mass is 10.2. The Morgan fingerprint density at radius 1 is 1.32 bits per heavy atom. The second-order valence-corrected chi connectivity index (χ2v) is 6.57. The predicted molar refractivity (Wildman–Crippen MR) is 69.2 cm³/mol. The molecule has 0 radical (unpaired) electrons. The number of hydrogen-bond acceptors (Lipinski definition) is 3. The number of amides is 3. The van der Waals surface area contributed by atoms with E-state index in [1.807, 2.05) is 0 Å². The Morgan fingerprint density at radius 2 is 1.95 bits per heavy atom. The smallest absolute Gasteiger partial charge is 0.327 e. The lowest BCUT2D eigenvalue weighted by Gasteiger charge is -2.42. The molecular weight excluding hydrogens is 271 g/mol. The van der Waals surface area contributed by atoms with Crippen LogP contribution in [0, 0.1) is 5.82 Å². The Bertz CT molecular complexity index is 523. The molecule has 1 heterocycles. The number of para-hydroxylation sites is 1. The van der Waals surface area contributed by atoms with Crippen LogP contribution in [-0.4, -0.2) is 35.9 Å². The van der Waals surface area contributed by atoms with Crippen molar-refractivity contribution in [2.45, 2.75) is 11.5 Å². The monoisotopic (exact) mass is 284 g/mol. The van der Waals surface area contributed by atoms with E-state index in [0.29, 0.717) is 0 Å². The van der Waals surface area contributed by atoms with Gasteiger partial charge in [-0.15, -0.1) is 0 Å². The first-order valence-corrected chi connectivity index (χ1v) is 7.64. The van der Waals surface area contributed by atoms with Gasteiger partial charge >= 0.3 is 6.03 Å². The van der Waals surface area contributed by atoms with Gasteiger partial charge in [-0.25, -0.2) is 9.18 Å². The maximum Gasteiger partial charge on any atom is 0.327 e. The molecule has 1 saturated heterocycles. The third-order valence-electron chi connectivity index (χ3n) is 2.84. The van der Waals surface area contributed by atoms with Crippen molar-refractivity contribution in [3.8, 4) is 0 Å². The van der Waals surface area contributed by atoms with Crippen molar-refractivity contribution in [1.29, 1.82) is 0 Å². The second-order valence-electron chi connectivity index (χ2n) is 4.31. The summed E-state index contributed by atoms with van der Waals surface area (Å²) in [5.41, 5.74) is -0.108. The van der Waals surface area contributed by atoms with Gasteiger partial charge in [0.25, 0.3) is 5.91 Å². The molecular formula is C12H13FN2O3S. The molecule has 2 atom stereocenters. The molecule has 0 aliphatic carbocycles. The Morgan fingerprint density at radius 3 is 2.53 bits per heavy atom. The lowest BCUT2D eigenvalue weighted by molar-refractivity contribution is -0.414. The zero-order valence-electron chi connectivity index (χ0n) is 10.4. The van der Waals surface area contributed by atoms with Gasteiger partial charge in [0.15, 0.2) is 0 Å². The first kappa shape index (κ1) is 13.8. The van der Waals surface area contributed by atoms with Gasteiger partial charge in [0, 0.05) is 6.23 Å². The fraction of sp³-hybridized carbons (Fsp3) is 0.333. The average molecular weight is 284 g/mol. The van der Waals surface area contributed by atoms with Gasteiger partial charge in [-0.3, -0.25) is 15.0 Å². The standard InChI is InChI=1S/C12H13FN2O3S/c1-19(2)9-10(16)14-12(18)15(11(9)17)8-6-4-3-5-7(8)13/h3-6,9,11H,1-2H3,(H,14,16,18). The zero-order valence-corrected chi connectivity index (χ0v) is 11.2. The van der Waals surface area contributed by atoms with Gasteiger partial charge in [0.05, 0.1) is 18.2 Å². The number of imide groups is 1. The molecule has 1 aliphatic rings. The van der Waals surface area contributed by atoms with Gasteiger partial charge in [-0.05, 0) is 23.0 Å². The van der Waals surface area contributed by atoms with Gasteiger partial charge in [-0.2, -0.15) is 0 Å². The van der Waals surface area contributed by atoms with Gasteiger partial charge in [-0.1, -0.05) is 12.1 Å². The van der Waals surface area contributed by atoms with Crippen LogP contribution >= 0.6 is 0 Å². The van der Waals surface area contributed by atoms with Gasteiger partial charge in [0.1, 0.15) is 5.82 Å². The fourth-order valence-corrected chi connectivity index (χ4v) is 3.03. The summed E-state index contributed by atoms with van der Waals surface area (Å²) in [6.45, 7) is 0. The molecule has 2 rings (SSSR count). The van der Waals surface area contributed by atoms with E-state index >= 15 is 0 Å². The van der Waals surface area contributed by atoms with E-state index in [-0.39, 0.29) is 5.69 Å². The number of rotatable bonds is 2. The molecule has 1 aromatic rings. The van der Waals surface area contributed by atoms with Crippen LogP contribution in [0.4, 0.5) is 14.9 Å². The highest BCUT2D eigenvalue weighted by Crippen LogP contribution is 2.24. The number of halogens is 1. The number of nitrogens with zero attached hydrogens (tertiary/aromatic N) is 1. The van der Waals surface area contributed by atoms with Crippen molar-refractivity contribution >= 4 is 28.5 Å². The highest BCUT2D eigenvalue weighted by molar-refractivity contribution is 7.96. The Kier molecular flexibility index (Phi) is 3.77. The minimum atomic E-state index is -1.61. The quantitative estimate of drug-likeness (QED) is 0.765. The Hall–Kier alpha value is -1.60. The van der Waals surface area contributed by atoms with Crippen LogP contribution in [0.2, 0.25) is 0 Å². The summed E-state index contributed by atoms with van der Waals surface area (Å²) >= 11 is 0. The molecule has 1 aliphatic heterocycles. The van der Waals surface area contributed by atoms with Crippen LogP contribution in [0.1, 0.15) is 0 Å². The second kappa shape index (κ2) is 5.18. The summed E-state index contributed by atoms with van der Waals surface area (Å²) in [5.74, 6) is -1.26. The normalized spacial score (nSPS) is 23.7. The molecule has 0 aromatic heterocycles. The third kappa shape index (κ3) is 2.43. The first-order chi connectivity index (χ1) is 8.93. The molecule has 1 fully saturated rings. The van der Waals surface area contributed by atoms with Crippen LogP contribution in [0.3, 0.4) is 0 Å². The summed E-state index contributed by atoms with van der Waals surface area (Å²) in [7, 11) is -0.519.